The zero-order chi connectivity index (χ0) is 12.5. The highest BCUT2D eigenvalue weighted by Crippen LogP contribution is 2.20. The summed E-state index contributed by atoms with van der Waals surface area (Å²) in [6.45, 7) is 3.92. The van der Waals surface area contributed by atoms with Crippen LogP contribution in [0.2, 0.25) is 0 Å². The van der Waals surface area contributed by atoms with Crippen LogP contribution >= 0.6 is 11.8 Å². The summed E-state index contributed by atoms with van der Waals surface area (Å²) < 4.78 is 1.72. The van der Waals surface area contributed by atoms with E-state index in [1.54, 1.807) is 23.0 Å². The molecule has 3 heterocycles. The summed E-state index contributed by atoms with van der Waals surface area (Å²) in [5.74, 6) is 0.603. The van der Waals surface area contributed by atoms with Crippen molar-refractivity contribution in [1.82, 2.24) is 29.5 Å². The first kappa shape index (κ1) is 11.1. The van der Waals surface area contributed by atoms with Gasteiger partial charge in [0.2, 0.25) is 5.16 Å². The van der Waals surface area contributed by atoms with Crippen molar-refractivity contribution in [2.24, 2.45) is 0 Å². The van der Waals surface area contributed by atoms with Crippen LogP contribution in [0.3, 0.4) is 0 Å². The SMILES string of the molecule is Cc1cc(C)n2nc(Sc3ncccn3)nc2n1. The molecule has 0 fully saturated rings. The van der Waals surface area contributed by atoms with Gasteiger partial charge in [0.15, 0.2) is 5.16 Å². The second-order valence-corrected chi connectivity index (χ2v) is 4.71. The van der Waals surface area contributed by atoms with Gasteiger partial charge in [-0.2, -0.15) is 4.98 Å². The van der Waals surface area contributed by atoms with Crippen LogP contribution in [0.1, 0.15) is 11.4 Å². The van der Waals surface area contributed by atoms with Gasteiger partial charge in [-0.05, 0) is 37.7 Å². The van der Waals surface area contributed by atoms with Crippen LogP contribution in [0.25, 0.3) is 5.78 Å². The predicted molar refractivity (Wildman–Crippen MR) is 66.4 cm³/mol. The summed E-state index contributed by atoms with van der Waals surface area (Å²) in [6, 6.07) is 3.74. The fourth-order valence-electron chi connectivity index (χ4n) is 1.61. The molecule has 0 aliphatic heterocycles. The molecule has 0 atom stereocenters. The smallest absolute Gasteiger partial charge is 0.231 e. The van der Waals surface area contributed by atoms with Gasteiger partial charge in [-0.3, -0.25) is 0 Å². The maximum Gasteiger partial charge on any atom is 0.253 e. The monoisotopic (exact) mass is 258 g/mol. The summed E-state index contributed by atoms with van der Waals surface area (Å²) in [5.41, 5.74) is 1.94. The standard InChI is InChI=1S/C11H10N6S/c1-7-6-8(2)17-9(14-7)15-11(16-17)18-10-12-4-3-5-13-10/h3-6H,1-2H3. The van der Waals surface area contributed by atoms with Gasteiger partial charge >= 0.3 is 0 Å². The molecule has 0 amide bonds. The number of nitrogens with zero attached hydrogens (tertiary/aromatic N) is 6. The summed E-state index contributed by atoms with van der Waals surface area (Å²) in [4.78, 5) is 16.9. The van der Waals surface area contributed by atoms with E-state index in [2.05, 4.69) is 25.0 Å². The minimum Gasteiger partial charge on any atom is -0.231 e. The average molecular weight is 258 g/mol. The van der Waals surface area contributed by atoms with Crippen molar-refractivity contribution < 1.29 is 0 Å². The van der Waals surface area contributed by atoms with Crippen LogP contribution in [0, 0.1) is 13.8 Å². The lowest BCUT2D eigenvalue weighted by Gasteiger charge is -1.97. The third-order valence-electron chi connectivity index (χ3n) is 2.32. The lowest BCUT2D eigenvalue weighted by Crippen LogP contribution is -1.97. The highest BCUT2D eigenvalue weighted by molar-refractivity contribution is 7.99. The van der Waals surface area contributed by atoms with Crippen LogP contribution in [0.5, 0.6) is 0 Å². The van der Waals surface area contributed by atoms with Crippen LogP contribution in [-0.2, 0) is 0 Å². The normalized spacial score (nSPS) is 11.0. The van der Waals surface area contributed by atoms with Gasteiger partial charge in [0.1, 0.15) is 0 Å². The Balaban J connectivity index is 2.01. The van der Waals surface area contributed by atoms with E-state index >= 15 is 0 Å². The van der Waals surface area contributed by atoms with Crippen molar-refractivity contribution in [3.8, 4) is 0 Å². The van der Waals surface area contributed by atoms with Gasteiger partial charge in [-0.15, -0.1) is 5.10 Å². The van der Waals surface area contributed by atoms with Crippen molar-refractivity contribution in [2.45, 2.75) is 24.2 Å². The first-order chi connectivity index (χ1) is 8.72. The molecule has 0 aromatic carbocycles. The number of fused-ring (bicyclic) bond motifs is 1. The molecule has 6 nitrogen and oxygen atoms in total. The lowest BCUT2D eigenvalue weighted by molar-refractivity contribution is 0.839. The lowest BCUT2D eigenvalue weighted by atomic mass is 10.4. The molecule has 3 rings (SSSR count). The first-order valence-corrected chi connectivity index (χ1v) is 6.20. The van der Waals surface area contributed by atoms with E-state index in [-0.39, 0.29) is 0 Å². The first-order valence-electron chi connectivity index (χ1n) is 5.38. The van der Waals surface area contributed by atoms with Crippen LogP contribution in [-0.4, -0.2) is 29.5 Å². The Hall–Kier alpha value is -2.02. The Morgan fingerprint density at radius 1 is 1.06 bits per heavy atom. The maximum absolute atomic E-state index is 4.37. The molecule has 0 saturated carbocycles. The average Bonchev–Trinajstić information content (AvgIpc) is 2.73. The molecule has 7 heteroatoms. The third-order valence-corrected chi connectivity index (χ3v) is 3.07. The summed E-state index contributed by atoms with van der Waals surface area (Å²) >= 11 is 1.32. The number of aryl methyl sites for hydroxylation is 2. The molecule has 0 bridgehead atoms. The number of rotatable bonds is 2. The van der Waals surface area contributed by atoms with E-state index < -0.39 is 0 Å². The molecule has 0 N–H and O–H groups in total. The number of hydrogen-bond acceptors (Lipinski definition) is 6. The number of aromatic nitrogens is 6. The van der Waals surface area contributed by atoms with Gasteiger partial charge in [0, 0.05) is 23.8 Å². The zero-order valence-corrected chi connectivity index (χ0v) is 10.7. The molecule has 0 saturated heterocycles. The highest BCUT2D eigenvalue weighted by atomic mass is 32.2. The summed E-state index contributed by atoms with van der Waals surface area (Å²) in [6.07, 6.45) is 3.39. The molecule has 0 spiro atoms. The van der Waals surface area contributed by atoms with Gasteiger partial charge in [-0.1, -0.05) is 0 Å². The maximum atomic E-state index is 4.37. The van der Waals surface area contributed by atoms with Crippen molar-refractivity contribution in [2.75, 3.05) is 0 Å². The molecule has 0 unspecified atom stereocenters. The molecule has 0 aliphatic rings. The largest absolute Gasteiger partial charge is 0.253 e. The second-order valence-electron chi connectivity index (χ2n) is 3.78. The van der Waals surface area contributed by atoms with E-state index in [0.717, 1.165) is 11.4 Å². The molecule has 3 aromatic heterocycles. The minimum atomic E-state index is 0.599. The molecule has 90 valence electrons. The summed E-state index contributed by atoms with van der Waals surface area (Å²) in [5, 5.41) is 5.60. The Morgan fingerprint density at radius 3 is 2.61 bits per heavy atom. The summed E-state index contributed by atoms with van der Waals surface area (Å²) in [7, 11) is 0. The fraction of sp³-hybridized carbons (Fsp3) is 0.182. The predicted octanol–water partition coefficient (Wildman–Crippen LogP) is 1.68. The second kappa shape index (κ2) is 4.34. The zero-order valence-electron chi connectivity index (χ0n) is 9.90. The van der Waals surface area contributed by atoms with E-state index in [9.17, 15) is 0 Å². The van der Waals surface area contributed by atoms with Gasteiger partial charge in [0.25, 0.3) is 5.78 Å². The van der Waals surface area contributed by atoms with Crippen molar-refractivity contribution in [3.05, 3.63) is 35.9 Å². The Labute approximate surface area is 108 Å². The van der Waals surface area contributed by atoms with Gasteiger partial charge < -0.3 is 0 Å². The number of hydrogen-bond donors (Lipinski definition) is 0. The van der Waals surface area contributed by atoms with Gasteiger partial charge in [0.05, 0.1) is 0 Å². The Kier molecular flexibility index (Phi) is 2.67. The topological polar surface area (TPSA) is 68.9 Å². The fourth-order valence-corrected chi connectivity index (χ4v) is 2.25. The Bertz CT molecular complexity index is 693. The van der Waals surface area contributed by atoms with Crippen molar-refractivity contribution in [3.63, 3.8) is 0 Å². The van der Waals surface area contributed by atoms with Gasteiger partial charge in [-0.25, -0.2) is 19.5 Å². The van der Waals surface area contributed by atoms with Crippen LogP contribution < -0.4 is 0 Å². The molecule has 0 aliphatic carbocycles. The van der Waals surface area contributed by atoms with Crippen LogP contribution in [0.4, 0.5) is 0 Å². The molecule has 3 aromatic rings. The van der Waals surface area contributed by atoms with Crippen LogP contribution in [0.15, 0.2) is 34.8 Å². The third kappa shape index (κ3) is 2.04. The van der Waals surface area contributed by atoms with E-state index in [4.69, 9.17) is 0 Å². The quantitative estimate of drug-likeness (QED) is 0.651. The van der Waals surface area contributed by atoms with Crippen molar-refractivity contribution in [1.29, 1.82) is 0 Å². The molecule has 0 radical (unpaired) electrons. The van der Waals surface area contributed by atoms with Crippen molar-refractivity contribution >= 4 is 17.5 Å². The highest BCUT2D eigenvalue weighted by Gasteiger charge is 2.09. The molecular formula is C11H10N6S. The molecular weight excluding hydrogens is 248 g/mol. The molecule has 18 heavy (non-hydrogen) atoms. The van der Waals surface area contributed by atoms with E-state index in [1.807, 2.05) is 19.9 Å². The van der Waals surface area contributed by atoms with E-state index in [1.165, 1.54) is 11.8 Å². The minimum absolute atomic E-state index is 0.599. The Morgan fingerprint density at radius 2 is 1.83 bits per heavy atom. The van der Waals surface area contributed by atoms with E-state index in [0.29, 0.717) is 16.1 Å².